The van der Waals surface area contributed by atoms with E-state index in [0.717, 1.165) is 18.6 Å². The Bertz CT molecular complexity index is 672. The fourth-order valence-electron chi connectivity index (χ4n) is 3.30. The fraction of sp³-hybridized carbons (Fsp3) is 0.556. The number of nitrogens with zero attached hydrogens (tertiary/aromatic N) is 1. The van der Waals surface area contributed by atoms with Crippen LogP contribution in [0.4, 0.5) is 13.2 Å². The summed E-state index contributed by atoms with van der Waals surface area (Å²) in [4.78, 5) is 25.8. The monoisotopic (exact) mass is 370 g/mol. The van der Waals surface area contributed by atoms with Crippen LogP contribution in [0, 0.1) is 11.8 Å². The van der Waals surface area contributed by atoms with Crippen LogP contribution in [0.25, 0.3) is 0 Å². The second-order valence-corrected chi connectivity index (χ2v) is 6.85. The first-order valence-electron chi connectivity index (χ1n) is 8.62. The molecule has 5 nitrogen and oxygen atoms in total. The van der Waals surface area contributed by atoms with Gasteiger partial charge in [0.05, 0.1) is 18.1 Å². The number of carbonyl (C=O) groups is 2. The molecule has 0 saturated carbocycles. The Labute approximate surface area is 149 Å². The Balaban J connectivity index is 1.55. The molecule has 0 spiro atoms. The average Bonchev–Trinajstić information content (AvgIpc) is 3.23. The van der Waals surface area contributed by atoms with Crippen LogP contribution < -0.4 is 5.32 Å². The molecule has 0 bridgehead atoms. The first-order valence-corrected chi connectivity index (χ1v) is 8.62. The number of hydrogen-bond donors (Lipinski definition) is 1. The third-order valence-electron chi connectivity index (χ3n) is 4.80. The molecule has 1 aromatic carbocycles. The highest BCUT2D eigenvalue weighted by atomic mass is 19.4. The Morgan fingerprint density at radius 3 is 2.85 bits per heavy atom. The number of likely N-dealkylation sites (tertiary alicyclic amines) is 1. The smallest absolute Gasteiger partial charge is 0.381 e. The maximum absolute atomic E-state index is 12.8. The van der Waals surface area contributed by atoms with Gasteiger partial charge < -0.3 is 15.0 Å². The quantitative estimate of drug-likeness (QED) is 0.865. The van der Waals surface area contributed by atoms with Crippen molar-refractivity contribution in [3.63, 3.8) is 0 Å². The number of benzene rings is 1. The Kier molecular flexibility index (Phi) is 5.50. The van der Waals surface area contributed by atoms with Gasteiger partial charge in [-0.1, -0.05) is 12.1 Å². The molecule has 142 valence electrons. The van der Waals surface area contributed by atoms with Gasteiger partial charge in [-0.15, -0.1) is 0 Å². The first-order chi connectivity index (χ1) is 12.3. The van der Waals surface area contributed by atoms with Gasteiger partial charge in [0.15, 0.2) is 0 Å². The lowest BCUT2D eigenvalue weighted by atomic mass is 10.1. The minimum Gasteiger partial charge on any atom is -0.381 e. The van der Waals surface area contributed by atoms with Crippen molar-refractivity contribution in [1.29, 1.82) is 0 Å². The van der Waals surface area contributed by atoms with Crippen LogP contribution >= 0.6 is 0 Å². The molecule has 8 heteroatoms. The van der Waals surface area contributed by atoms with Gasteiger partial charge in [0.2, 0.25) is 11.8 Å². The molecular weight excluding hydrogens is 349 g/mol. The molecule has 2 amide bonds. The van der Waals surface area contributed by atoms with E-state index in [1.54, 1.807) is 6.07 Å². The highest BCUT2D eigenvalue weighted by Crippen LogP contribution is 2.30. The molecule has 1 aromatic rings. The van der Waals surface area contributed by atoms with Crippen LogP contribution in [0.3, 0.4) is 0 Å². The number of carbonyl (C=O) groups excluding carboxylic acids is 2. The van der Waals surface area contributed by atoms with E-state index in [1.807, 2.05) is 0 Å². The van der Waals surface area contributed by atoms with Crippen LogP contribution in [-0.2, 0) is 27.0 Å². The number of halogens is 3. The van der Waals surface area contributed by atoms with Gasteiger partial charge in [-0.3, -0.25) is 9.59 Å². The van der Waals surface area contributed by atoms with Crippen LogP contribution in [0.15, 0.2) is 24.3 Å². The van der Waals surface area contributed by atoms with E-state index >= 15 is 0 Å². The van der Waals surface area contributed by atoms with Crippen molar-refractivity contribution in [3.8, 4) is 0 Å². The lowest BCUT2D eigenvalue weighted by Crippen LogP contribution is -2.36. The van der Waals surface area contributed by atoms with Gasteiger partial charge >= 0.3 is 6.18 Å². The standard InChI is InChI=1S/C18H21F3N2O3/c19-18(20,21)15-3-1-2-12(6-15)9-23-10-14(7-16(23)24)17(25)22-8-13-4-5-26-11-13/h1-3,6,13-14H,4-5,7-11H2,(H,22,25)/t13-,14-/m1/s1. The topological polar surface area (TPSA) is 58.6 Å². The van der Waals surface area contributed by atoms with E-state index in [9.17, 15) is 22.8 Å². The summed E-state index contributed by atoms with van der Waals surface area (Å²) in [6.45, 7) is 2.15. The van der Waals surface area contributed by atoms with Crippen LogP contribution in [0.2, 0.25) is 0 Å². The second-order valence-electron chi connectivity index (χ2n) is 6.85. The zero-order valence-corrected chi connectivity index (χ0v) is 14.2. The molecule has 2 aliphatic heterocycles. The van der Waals surface area contributed by atoms with Gasteiger partial charge in [-0.2, -0.15) is 13.2 Å². The van der Waals surface area contributed by atoms with Gasteiger partial charge in [0, 0.05) is 38.6 Å². The molecule has 0 radical (unpaired) electrons. The van der Waals surface area contributed by atoms with Gasteiger partial charge in [0.1, 0.15) is 0 Å². The molecule has 0 aliphatic carbocycles. The maximum atomic E-state index is 12.8. The third-order valence-corrected chi connectivity index (χ3v) is 4.80. The summed E-state index contributed by atoms with van der Waals surface area (Å²) in [6, 6.07) is 4.92. The van der Waals surface area contributed by atoms with Crippen molar-refractivity contribution in [2.45, 2.75) is 25.6 Å². The van der Waals surface area contributed by atoms with Crippen molar-refractivity contribution in [2.75, 3.05) is 26.3 Å². The lowest BCUT2D eigenvalue weighted by Gasteiger charge is -2.18. The molecular formula is C18H21F3N2O3. The third kappa shape index (κ3) is 4.55. The van der Waals surface area contributed by atoms with E-state index in [0.29, 0.717) is 31.2 Å². The number of ether oxygens (including phenoxy) is 1. The van der Waals surface area contributed by atoms with E-state index in [-0.39, 0.29) is 31.3 Å². The van der Waals surface area contributed by atoms with E-state index in [1.165, 1.54) is 11.0 Å². The van der Waals surface area contributed by atoms with Crippen LogP contribution in [-0.4, -0.2) is 43.0 Å². The van der Waals surface area contributed by atoms with Crippen molar-refractivity contribution in [1.82, 2.24) is 10.2 Å². The number of hydrogen-bond acceptors (Lipinski definition) is 3. The number of nitrogens with one attached hydrogen (secondary N) is 1. The minimum atomic E-state index is -4.42. The minimum absolute atomic E-state index is 0.0724. The highest BCUT2D eigenvalue weighted by molar-refractivity contribution is 5.89. The van der Waals surface area contributed by atoms with Gasteiger partial charge in [-0.25, -0.2) is 0 Å². The molecule has 26 heavy (non-hydrogen) atoms. The SMILES string of the molecule is O=C(NC[C@H]1CCOC1)[C@@H]1CC(=O)N(Cc2cccc(C(F)(F)F)c2)C1. The molecule has 3 rings (SSSR count). The van der Waals surface area contributed by atoms with E-state index in [4.69, 9.17) is 4.74 Å². The van der Waals surface area contributed by atoms with Crippen molar-refractivity contribution >= 4 is 11.8 Å². The molecule has 2 fully saturated rings. The Morgan fingerprint density at radius 1 is 1.35 bits per heavy atom. The fourth-order valence-corrected chi connectivity index (χ4v) is 3.30. The summed E-state index contributed by atoms with van der Waals surface area (Å²) in [7, 11) is 0. The molecule has 1 N–H and O–H groups in total. The zero-order chi connectivity index (χ0) is 18.7. The van der Waals surface area contributed by atoms with Crippen molar-refractivity contribution in [3.05, 3.63) is 35.4 Å². The summed E-state index contributed by atoms with van der Waals surface area (Å²) < 4.78 is 43.6. The number of amides is 2. The molecule has 0 aromatic heterocycles. The predicted molar refractivity (Wildman–Crippen MR) is 86.9 cm³/mol. The molecule has 2 heterocycles. The van der Waals surface area contributed by atoms with Crippen molar-refractivity contribution < 1.29 is 27.5 Å². The maximum Gasteiger partial charge on any atom is 0.416 e. The number of rotatable bonds is 5. The van der Waals surface area contributed by atoms with E-state index in [2.05, 4.69) is 5.32 Å². The summed E-state index contributed by atoms with van der Waals surface area (Å²) in [6.07, 6.45) is -3.42. The second kappa shape index (κ2) is 7.65. The summed E-state index contributed by atoms with van der Waals surface area (Å²) in [5.41, 5.74) is -0.341. The normalized spacial score (nSPS) is 23.5. The first kappa shape index (κ1) is 18.7. The van der Waals surface area contributed by atoms with E-state index < -0.39 is 17.7 Å². The highest BCUT2D eigenvalue weighted by Gasteiger charge is 2.35. The molecule has 2 aliphatic rings. The lowest BCUT2D eigenvalue weighted by molar-refractivity contribution is -0.137. The Hall–Kier alpha value is -2.09. The largest absolute Gasteiger partial charge is 0.416 e. The molecule has 0 unspecified atom stereocenters. The summed E-state index contributed by atoms with van der Waals surface area (Å²) >= 11 is 0. The molecule has 2 saturated heterocycles. The summed E-state index contributed by atoms with van der Waals surface area (Å²) in [5, 5.41) is 2.85. The number of alkyl halides is 3. The van der Waals surface area contributed by atoms with Gasteiger partial charge in [0.25, 0.3) is 0 Å². The van der Waals surface area contributed by atoms with Crippen molar-refractivity contribution in [2.24, 2.45) is 11.8 Å². The van der Waals surface area contributed by atoms with Crippen LogP contribution in [0.5, 0.6) is 0 Å². The average molecular weight is 370 g/mol. The van der Waals surface area contributed by atoms with Crippen LogP contribution in [0.1, 0.15) is 24.0 Å². The molecule has 2 atom stereocenters. The summed E-state index contributed by atoms with van der Waals surface area (Å²) in [5.74, 6) is -0.559. The predicted octanol–water partition coefficient (Wildman–Crippen LogP) is 2.21. The van der Waals surface area contributed by atoms with Gasteiger partial charge in [-0.05, 0) is 24.1 Å². The zero-order valence-electron chi connectivity index (χ0n) is 14.2. The Morgan fingerprint density at radius 2 is 2.15 bits per heavy atom.